The van der Waals surface area contributed by atoms with Crippen LogP contribution in [0.25, 0.3) is 0 Å². The van der Waals surface area contributed by atoms with Gasteiger partial charge in [0.25, 0.3) is 0 Å². The third-order valence-electron chi connectivity index (χ3n) is 2.46. The lowest BCUT2D eigenvalue weighted by Crippen LogP contribution is -2.19. The number of benzene rings is 1. The first kappa shape index (κ1) is 12.4. The highest BCUT2D eigenvalue weighted by atomic mass is 35.5. The van der Waals surface area contributed by atoms with Gasteiger partial charge < -0.3 is 11.1 Å². The fraction of sp³-hybridized carbons (Fsp3) is 0.182. The van der Waals surface area contributed by atoms with Crippen molar-refractivity contribution in [2.24, 2.45) is 0 Å². The number of carbonyl (C=O) groups is 1. The van der Waals surface area contributed by atoms with Crippen LogP contribution >= 0.6 is 11.6 Å². The number of hydrogen-bond donors (Lipinski definition) is 2. The molecule has 0 saturated carbocycles. The second kappa shape index (κ2) is 5.05. The van der Waals surface area contributed by atoms with Crippen LogP contribution in [0.4, 0.5) is 11.5 Å². The number of hydrogen-bond acceptors (Lipinski definition) is 5. The summed E-state index contributed by atoms with van der Waals surface area (Å²) in [5.74, 6) is -0.680. The Bertz CT molecular complexity index is 552. The van der Waals surface area contributed by atoms with E-state index < -0.39 is 5.92 Å². The SMILES string of the molecule is CC(C(=O)Nc1ccc(Cl)cc1)c1nonc1N. The fourth-order valence-corrected chi connectivity index (χ4v) is 1.54. The molecule has 1 aromatic heterocycles. The maximum atomic E-state index is 11.9. The molecular formula is C11H11ClN4O2. The lowest BCUT2D eigenvalue weighted by molar-refractivity contribution is -0.117. The molecule has 7 heteroatoms. The predicted octanol–water partition coefficient (Wildman–Crippen LogP) is 2.05. The third kappa shape index (κ3) is 2.60. The molecule has 0 saturated heterocycles. The Labute approximate surface area is 108 Å². The number of nitrogens with zero attached hydrogens (tertiary/aromatic N) is 2. The fourth-order valence-electron chi connectivity index (χ4n) is 1.41. The second-order valence-corrected chi connectivity index (χ2v) is 4.19. The van der Waals surface area contributed by atoms with Crippen molar-refractivity contribution in [2.45, 2.75) is 12.8 Å². The molecule has 2 aromatic rings. The van der Waals surface area contributed by atoms with Crippen LogP contribution in [0.5, 0.6) is 0 Å². The summed E-state index contributed by atoms with van der Waals surface area (Å²) < 4.78 is 4.46. The minimum Gasteiger partial charge on any atom is -0.379 e. The Morgan fingerprint density at radius 2 is 2.06 bits per heavy atom. The minimum atomic E-state index is -0.549. The zero-order valence-electron chi connectivity index (χ0n) is 9.55. The van der Waals surface area contributed by atoms with E-state index in [-0.39, 0.29) is 11.7 Å². The predicted molar refractivity (Wildman–Crippen MR) is 67.2 cm³/mol. The van der Waals surface area contributed by atoms with E-state index in [1.54, 1.807) is 31.2 Å². The Morgan fingerprint density at radius 3 is 2.61 bits per heavy atom. The molecule has 1 unspecified atom stereocenters. The van der Waals surface area contributed by atoms with Gasteiger partial charge in [-0.15, -0.1) is 0 Å². The number of aromatic nitrogens is 2. The number of rotatable bonds is 3. The molecule has 0 radical (unpaired) electrons. The number of amides is 1. The summed E-state index contributed by atoms with van der Waals surface area (Å²) in [5, 5.41) is 10.4. The van der Waals surface area contributed by atoms with Gasteiger partial charge in [-0.2, -0.15) is 0 Å². The summed E-state index contributed by atoms with van der Waals surface area (Å²) in [5.41, 5.74) is 6.49. The number of halogens is 1. The lowest BCUT2D eigenvalue weighted by atomic mass is 10.1. The largest absolute Gasteiger partial charge is 0.379 e. The molecule has 1 atom stereocenters. The van der Waals surface area contributed by atoms with Crippen LogP contribution in [0.15, 0.2) is 28.9 Å². The molecule has 1 heterocycles. The zero-order valence-corrected chi connectivity index (χ0v) is 10.3. The molecule has 18 heavy (non-hydrogen) atoms. The highest BCUT2D eigenvalue weighted by Gasteiger charge is 2.22. The van der Waals surface area contributed by atoms with Gasteiger partial charge in [0.2, 0.25) is 5.91 Å². The first-order chi connectivity index (χ1) is 8.58. The van der Waals surface area contributed by atoms with Gasteiger partial charge in [0.05, 0.1) is 5.92 Å². The van der Waals surface area contributed by atoms with Crippen LogP contribution in [0, 0.1) is 0 Å². The topological polar surface area (TPSA) is 94.0 Å². The van der Waals surface area contributed by atoms with E-state index >= 15 is 0 Å². The van der Waals surface area contributed by atoms with Crippen molar-refractivity contribution < 1.29 is 9.42 Å². The van der Waals surface area contributed by atoms with Crippen molar-refractivity contribution in [3.8, 4) is 0 Å². The van der Waals surface area contributed by atoms with Gasteiger partial charge in [-0.3, -0.25) is 4.79 Å². The molecule has 0 aliphatic rings. The number of nitrogens with one attached hydrogen (secondary N) is 1. The third-order valence-corrected chi connectivity index (χ3v) is 2.71. The maximum absolute atomic E-state index is 11.9. The highest BCUT2D eigenvalue weighted by molar-refractivity contribution is 6.30. The standard InChI is InChI=1S/C11H11ClN4O2/c1-6(9-10(13)16-18-15-9)11(17)14-8-4-2-7(12)3-5-8/h2-6H,1H3,(H2,13,16)(H,14,17). The average molecular weight is 267 g/mol. The van der Waals surface area contributed by atoms with E-state index in [1.807, 2.05) is 0 Å². The summed E-state index contributed by atoms with van der Waals surface area (Å²) in [7, 11) is 0. The van der Waals surface area contributed by atoms with Gasteiger partial charge >= 0.3 is 0 Å². The Balaban J connectivity index is 2.08. The molecule has 1 amide bonds. The molecule has 94 valence electrons. The molecule has 6 nitrogen and oxygen atoms in total. The number of nitrogen functional groups attached to an aromatic ring is 1. The van der Waals surface area contributed by atoms with E-state index in [2.05, 4.69) is 20.3 Å². The van der Waals surface area contributed by atoms with Gasteiger partial charge in [-0.25, -0.2) is 4.63 Å². The number of carbonyl (C=O) groups excluding carboxylic acids is 1. The van der Waals surface area contributed by atoms with Crippen LogP contribution in [0.3, 0.4) is 0 Å². The molecule has 0 aliphatic carbocycles. The van der Waals surface area contributed by atoms with Crippen molar-refractivity contribution in [1.82, 2.24) is 10.3 Å². The van der Waals surface area contributed by atoms with E-state index in [0.29, 0.717) is 16.4 Å². The highest BCUT2D eigenvalue weighted by Crippen LogP contribution is 2.20. The molecule has 0 spiro atoms. The quantitative estimate of drug-likeness (QED) is 0.887. The molecule has 0 fully saturated rings. The van der Waals surface area contributed by atoms with E-state index in [1.165, 1.54) is 0 Å². The summed E-state index contributed by atoms with van der Waals surface area (Å²) in [6, 6.07) is 6.79. The molecule has 3 N–H and O–H groups in total. The smallest absolute Gasteiger partial charge is 0.233 e. The van der Waals surface area contributed by atoms with Crippen LogP contribution in [-0.2, 0) is 4.79 Å². The average Bonchev–Trinajstić information content (AvgIpc) is 2.77. The normalized spacial score (nSPS) is 12.1. The first-order valence-electron chi connectivity index (χ1n) is 5.22. The minimum absolute atomic E-state index is 0.119. The molecular weight excluding hydrogens is 256 g/mol. The van der Waals surface area contributed by atoms with E-state index in [9.17, 15) is 4.79 Å². The molecule has 0 aliphatic heterocycles. The van der Waals surface area contributed by atoms with Crippen LogP contribution in [-0.4, -0.2) is 16.2 Å². The summed E-state index contributed by atoms with van der Waals surface area (Å²) in [6.45, 7) is 1.67. The number of nitrogens with two attached hydrogens (primary N) is 1. The monoisotopic (exact) mass is 266 g/mol. The Kier molecular flexibility index (Phi) is 3.47. The van der Waals surface area contributed by atoms with Gasteiger partial charge in [0.1, 0.15) is 5.69 Å². The van der Waals surface area contributed by atoms with E-state index in [0.717, 1.165) is 0 Å². The summed E-state index contributed by atoms with van der Waals surface area (Å²) in [4.78, 5) is 11.9. The van der Waals surface area contributed by atoms with Crippen molar-refractivity contribution in [1.29, 1.82) is 0 Å². The van der Waals surface area contributed by atoms with Gasteiger partial charge in [-0.05, 0) is 36.3 Å². The molecule has 2 rings (SSSR count). The lowest BCUT2D eigenvalue weighted by Gasteiger charge is -2.09. The van der Waals surface area contributed by atoms with Crippen molar-refractivity contribution in [2.75, 3.05) is 11.1 Å². The number of anilines is 2. The molecule has 1 aromatic carbocycles. The van der Waals surface area contributed by atoms with Gasteiger partial charge in [-0.1, -0.05) is 16.8 Å². The van der Waals surface area contributed by atoms with Crippen LogP contribution in [0.2, 0.25) is 5.02 Å². The van der Waals surface area contributed by atoms with Gasteiger partial charge in [0.15, 0.2) is 5.82 Å². The Hall–Kier alpha value is -2.08. The first-order valence-corrected chi connectivity index (χ1v) is 5.60. The molecule has 0 bridgehead atoms. The second-order valence-electron chi connectivity index (χ2n) is 3.75. The zero-order chi connectivity index (χ0) is 13.1. The summed E-state index contributed by atoms with van der Waals surface area (Å²) in [6.07, 6.45) is 0. The maximum Gasteiger partial charge on any atom is 0.233 e. The van der Waals surface area contributed by atoms with Crippen molar-refractivity contribution in [3.05, 3.63) is 35.0 Å². The van der Waals surface area contributed by atoms with Crippen LogP contribution < -0.4 is 11.1 Å². The van der Waals surface area contributed by atoms with Crippen molar-refractivity contribution in [3.63, 3.8) is 0 Å². The summed E-state index contributed by atoms with van der Waals surface area (Å²) >= 11 is 5.75. The van der Waals surface area contributed by atoms with Crippen molar-refractivity contribution >= 4 is 29.0 Å². The van der Waals surface area contributed by atoms with E-state index in [4.69, 9.17) is 17.3 Å². The Morgan fingerprint density at radius 1 is 1.39 bits per heavy atom. The van der Waals surface area contributed by atoms with Crippen LogP contribution in [0.1, 0.15) is 18.5 Å². The van der Waals surface area contributed by atoms with Gasteiger partial charge in [0, 0.05) is 10.7 Å².